The van der Waals surface area contributed by atoms with E-state index in [0.717, 1.165) is 11.4 Å². The highest BCUT2D eigenvalue weighted by Gasteiger charge is 2.28. The molecule has 2 nitrogen and oxygen atoms in total. The molecular weight excluding hydrogens is 717 g/mol. The molecule has 0 unspecified atom stereocenters. The Balaban J connectivity index is 1.23. The van der Waals surface area contributed by atoms with E-state index in [1.165, 1.54) is 97.3 Å². The molecule has 0 bridgehead atoms. The molecule has 0 aromatic heterocycles. The molecule has 0 spiro atoms. The fourth-order valence-electron chi connectivity index (χ4n) is 8.51. The van der Waals surface area contributed by atoms with Crippen molar-refractivity contribution in [3.63, 3.8) is 0 Å². The molecule has 0 saturated carbocycles. The zero-order chi connectivity index (χ0) is 37.3. The summed E-state index contributed by atoms with van der Waals surface area (Å²) in [5, 5.41) is 4.95. The molecule has 2 heterocycles. The average molecular weight is 753 g/mol. The lowest BCUT2D eigenvalue weighted by atomic mass is 9.85. The number of benzene rings is 9. The molecule has 0 saturated heterocycles. The largest absolute Gasteiger partial charge is 0.308 e. The number of para-hydroxylation sites is 4. The molecule has 0 fully saturated rings. The molecule has 0 aliphatic carbocycles. The summed E-state index contributed by atoms with van der Waals surface area (Å²) in [5.41, 5.74) is 14.6. The first kappa shape index (κ1) is 33.2. The first-order chi connectivity index (χ1) is 27.6. The van der Waals surface area contributed by atoms with Crippen LogP contribution >= 0.6 is 23.5 Å². The van der Waals surface area contributed by atoms with Gasteiger partial charge in [-0.3, -0.25) is 0 Å². The summed E-state index contributed by atoms with van der Waals surface area (Å²) in [6.45, 7) is 4.33. The SMILES string of the molecule is Cc1ccc(-c2c3ccc(N4c5ccccc5Sc5ccccc54)cc3c(-c3ccc(C)cc3)c3ccc(N4c5ccccc5Sc5ccccc54)cc23)cc1. The van der Waals surface area contributed by atoms with Crippen LogP contribution in [0.4, 0.5) is 34.1 Å². The Morgan fingerprint density at radius 3 is 0.982 bits per heavy atom. The lowest BCUT2D eigenvalue weighted by Crippen LogP contribution is -2.15. The second-order valence-electron chi connectivity index (χ2n) is 14.7. The lowest BCUT2D eigenvalue weighted by molar-refractivity contribution is 1.17. The molecule has 11 rings (SSSR count). The maximum atomic E-state index is 2.45. The van der Waals surface area contributed by atoms with Gasteiger partial charge in [0.05, 0.1) is 22.7 Å². The predicted octanol–water partition coefficient (Wildman–Crippen LogP) is 15.8. The van der Waals surface area contributed by atoms with E-state index in [4.69, 9.17) is 0 Å². The minimum absolute atomic E-state index is 1.15. The second kappa shape index (κ2) is 13.2. The van der Waals surface area contributed by atoms with Crippen molar-refractivity contribution in [1.29, 1.82) is 0 Å². The Morgan fingerprint density at radius 1 is 0.321 bits per heavy atom. The minimum Gasteiger partial charge on any atom is -0.308 e. The normalized spacial score (nSPS) is 13.0. The monoisotopic (exact) mass is 752 g/mol. The van der Waals surface area contributed by atoms with Crippen LogP contribution in [0.1, 0.15) is 11.1 Å². The maximum Gasteiger partial charge on any atom is 0.0601 e. The summed E-state index contributed by atoms with van der Waals surface area (Å²) in [4.78, 5) is 9.93. The summed E-state index contributed by atoms with van der Waals surface area (Å²) >= 11 is 3.69. The Bertz CT molecular complexity index is 2710. The lowest BCUT2D eigenvalue weighted by Gasteiger charge is -2.33. The summed E-state index contributed by atoms with van der Waals surface area (Å²) < 4.78 is 0. The number of aryl methyl sites for hydroxylation is 2. The van der Waals surface area contributed by atoms with Crippen LogP contribution in [0.5, 0.6) is 0 Å². The zero-order valence-electron chi connectivity index (χ0n) is 31.0. The Morgan fingerprint density at radius 2 is 0.643 bits per heavy atom. The van der Waals surface area contributed by atoms with Gasteiger partial charge in [-0.15, -0.1) is 0 Å². The standard InChI is InChI=1S/C52H36N2S2/c1-33-19-23-35(24-20-33)51-39-29-27-38(54-45-13-5-9-17-49(45)56-50-18-10-6-14-46(50)54)32-42(39)52(36-25-21-34(2)22-26-36)40-30-28-37(31-41(40)51)53-43-11-3-7-15-47(43)55-48-16-8-4-12-44(48)53/h3-32H,1-2H3. The minimum atomic E-state index is 1.15. The van der Waals surface area contributed by atoms with Crippen molar-refractivity contribution in [1.82, 2.24) is 0 Å². The zero-order valence-corrected chi connectivity index (χ0v) is 32.7. The van der Waals surface area contributed by atoms with E-state index < -0.39 is 0 Å². The third-order valence-corrected chi connectivity index (χ3v) is 13.4. The van der Waals surface area contributed by atoms with Crippen LogP contribution in [0, 0.1) is 13.8 Å². The molecule has 0 radical (unpaired) electrons. The number of fused-ring (bicyclic) bond motifs is 6. The fraction of sp³-hybridized carbons (Fsp3) is 0.0385. The van der Waals surface area contributed by atoms with Crippen molar-refractivity contribution in [2.24, 2.45) is 0 Å². The topological polar surface area (TPSA) is 6.48 Å². The van der Waals surface area contributed by atoms with Crippen molar-refractivity contribution in [3.05, 3.63) is 193 Å². The highest BCUT2D eigenvalue weighted by molar-refractivity contribution is 8.00. The van der Waals surface area contributed by atoms with Gasteiger partial charge in [-0.2, -0.15) is 0 Å². The second-order valence-corrected chi connectivity index (χ2v) is 16.9. The molecule has 9 aromatic carbocycles. The number of rotatable bonds is 4. The molecule has 0 N–H and O–H groups in total. The van der Waals surface area contributed by atoms with E-state index in [9.17, 15) is 0 Å². The van der Waals surface area contributed by atoms with Crippen LogP contribution in [-0.4, -0.2) is 0 Å². The Hall–Kier alpha value is -6.20. The van der Waals surface area contributed by atoms with Gasteiger partial charge in [0.1, 0.15) is 0 Å². The molecule has 0 amide bonds. The third kappa shape index (κ3) is 5.36. The highest BCUT2D eigenvalue weighted by atomic mass is 32.2. The van der Waals surface area contributed by atoms with Crippen LogP contribution in [0.25, 0.3) is 43.8 Å². The van der Waals surface area contributed by atoms with Gasteiger partial charge >= 0.3 is 0 Å². The molecular formula is C52H36N2S2. The van der Waals surface area contributed by atoms with Gasteiger partial charge < -0.3 is 9.80 Å². The summed E-state index contributed by atoms with van der Waals surface area (Å²) in [6.07, 6.45) is 0. The van der Waals surface area contributed by atoms with Gasteiger partial charge in [-0.1, -0.05) is 144 Å². The van der Waals surface area contributed by atoms with Crippen molar-refractivity contribution in [3.8, 4) is 22.3 Å². The molecule has 2 aliphatic heterocycles. The van der Waals surface area contributed by atoms with E-state index in [1.54, 1.807) is 0 Å². The first-order valence-corrected chi connectivity index (χ1v) is 20.7. The van der Waals surface area contributed by atoms with Gasteiger partial charge in [-0.25, -0.2) is 0 Å². The Labute approximate surface area is 336 Å². The quantitative estimate of drug-likeness (QED) is 0.165. The predicted molar refractivity (Wildman–Crippen MR) is 239 cm³/mol. The third-order valence-electron chi connectivity index (χ3n) is 11.1. The van der Waals surface area contributed by atoms with Gasteiger partial charge in [0.25, 0.3) is 0 Å². The molecule has 266 valence electrons. The smallest absolute Gasteiger partial charge is 0.0601 e. The molecule has 0 atom stereocenters. The van der Waals surface area contributed by atoms with E-state index in [0.29, 0.717) is 0 Å². The number of nitrogens with zero attached hydrogens (tertiary/aromatic N) is 2. The summed E-state index contributed by atoms with van der Waals surface area (Å²) in [5.74, 6) is 0. The van der Waals surface area contributed by atoms with Crippen LogP contribution < -0.4 is 9.80 Å². The average Bonchev–Trinajstić information content (AvgIpc) is 3.24. The first-order valence-electron chi connectivity index (χ1n) is 19.1. The maximum absolute atomic E-state index is 2.45. The van der Waals surface area contributed by atoms with Gasteiger partial charge in [0.2, 0.25) is 0 Å². The molecule has 2 aliphatic rings. The molecule has 9 aromatic rings. The van der Waals surface area contributed by atoms with Gasteiger partial charge in [-0.05, 0) is 130 Å². The summed E-state index contributed by atoms with van der Waals surface area (Å²) in [6, 6.07) is 67.5. The van der Waals surface area contributed by atoms with E-state index in [-0.39, 0.29) is 0 Å². The van der Waals surface area contributed by atoms with Gasteiger partial charge in [0, 0.05) is 31.0 Å². The van der Waals surface area contributed by atoms with Crippen LogP contribution in [0.3, 0.4) is 0 Å². The van der Waals surface area contributed by atoms with E-state index >= 15 is 0 Å². The van der Waals surface area contributed by atoms with Crippen LogP contribution in [0.2, 0.25) is 0 Å². The van der Waals surface area contributed by atoms with Crippen molar-refractivity contribution < 1.29 is 0 Å². The van der Waals surface area contributed by atoms with Crippen molar-refractivity contribution in [2.75, 3.05) is 9.80 Å². The number of hydrogen-bond acceptors (Lipinski definition) is 4. The van der Waals surface area contributed by atoms with Crippen molar-refractivity contribution in [2.45, 2.75) is 33.4 Å². The molecule has 56 heavy (non-hydrogen) atoms. The molecule has 4 heteroatoms. The Kier molecular flexibility index (Phi) is 7.84. The number of hydrogen-bond donors (Lipinski definition) is 0. The van der Waals surface area contributed by atoms with Crippen LogP contribution in [0.15, 0.2) is 202 Å². The summed E-state index contributed by atoms with van der Waals surface area (Å²) in [7, 11) is 0. The fourth-order valence-corrected chi connectivity index (χ4v) is 10.6. The van der Waals surface area contributed by atoms with Crippen LogP contribution in [-0.2, 0) is 0 Å². The number of anilines is 6. The van der Waals surface area contributed by atoms with E-state index in [2.05, 4.69) is 206 Å². The van der Waals surface area contributed by atoms with E-state index in [1.807, 2.05) is 23.5 Å². The van der Waals surface area contributed by atoms with Crippen molar-refractivity contribution >= 4 is 79.2 Å². The van der Waals surface area contributed by atoms with Gasteiger partial charge in [0.15, 0.2) is 0 Å². The highest BCUT2D eigenvalue weighted by Crippen LogP contribution is 2.55.